The Morgan fingerprint density at radius 1 is 1.18 bits per heavy atom. The van der Waals surface area contributed by atoms with E-state index < -0.39 is 0 Å². The number of nitrogens with zero attached hydrogens (tertiary/aromatic N) is 1. The van der Waals surface area contributed by atoms with Crippen molar-refractivity contribution < 1.29 is 9.13 Å². The number of hydrogen-bond donors (Lipinski definition) is 1. The van der Waals surface area contributed by atoms with Gasteiger partial charge in [-0.05, 0) is 24.3 Å². The van der Waals surface area contributed by atoms with Gasteiger partial charge >= 0.3 is 0 Å². The number of rotatable bonds is 2. The summed E-state index contributed by atoms with van der Waals surface area (Å²) >= 11 is 0. The van der Waals surface area contributed by atoms with Crippen LogP contribution in [-0.4, -0.2) is 9.97 Å². The minimum Gasteiger partial charge on any atom is -0.456 e. The summed E-state index contributed by atoms with van der Waals surface area (Å²) in [5.41, 5.74) is 0.749. The molecule has 0 spiro atoms. The van der Waals surface area contributed by atoms with Gasteiger partial charge in [-0.15, -0.1) is 0 Å². The summed E-state index contributed by atoms with van der Waals surface area (Å²) < 4.78 is 18.7. The first-order chi connectivity index (χ1) is 8.33. The van der Waals surface area contributed by atoms with Crippen molar-refractivity contribution in [3.63, 3.8) is 0 Å². The highest BCUT2D eigenvalue weighted by Crippen LogP contribution is 2.28. The van der Waals surface area contributed by atoms with Gasteiger partial charge in [-0.3, -0.25) is 0 Å². The van der Waals surface area contributed by atoms with E-state index in [2.05, 4.69) is 9.97 Å². The van der Waals surface area contributed by atoms with Gasteiger partial charge in [0.25, 0.3) is 0 Å². The number of H-pyrrole nitrogens is 1. The largest absolute Gasteiger partial charge is 0.456 e. The summed E-state index contributed by atoms with van der Waals surface area (Å²) in [6.45, 7) is 0. The molecule has 3 rings (SSSR count). The number of aromatic nitrogens is 2. The molecule has 84 valence electrons. The van der Waals surface area contributed by atoms with Crippen LogP contribution in [0.3, 0.4) is 0 Å². The molecule has 0 aliphatic heterocycles. The Balaban J connectivity index is 2.02. The molecule has 1 N–H and O–H groups in total. The standard InChI is InChI=1S/C13H9FN2O/c14-9-2-1-3-10(8-9)17-12-5-7-16-13-11(12)4-6-15-13/h1-8H,(H,15,16). The van der Waals surface area contributed by atoms with Crippen LogP contribution in [0.25, 0.3) is 11.0 Å². The molecule has 2 heterocycles. The summed E-state index contributed by atoms with van der Waals surface area (Å²) in [7, 11) is 0. The van der Waals surface area contributed by atoms with Crippen LogP contribution in [0.15, 0.2) is 48.8 Å². The lowest BCUT2D eigenvalue weighted by Crippen LogP contribution is -1.86. The minimum atomic E-state index is -0.318. The molecule has 0 fully saturated rings. The Bertz CT molecular complexity index is 663. The Morgan fingerprint density at radius 3 is 3.00 bits per heavy atom. The Kier molecular flexibility index (Phi) is 2.26. The van der Waals surface area contributed by atoms with Crippen molar-refractivity contribution in [1.82, 2.24) is 9.97 Å². The van der Waals surface area contributed by atoms with Crippen LogP contribution in [0.5, 0.6) is 11.5 Å². The number of fused-ring (bicyclic) bond motifs is 1. The van der Waals surface area contributed by atoms with Gasteiger partial charge in [-0.1, -0.05) is 6.07 Å². The van der Waals surface area contributed by atoms with E-state index in [1.807, 2.05) is 6.07 Å². The van der Waals surface area contributed by atoms with Crippen LogP contribution in [0, 0.1) is 5.82 Å². The van der Waals surface area contributed by atoms with E-state index in [1.165, 1.54) is 12.1 Å². The number of ether oxygens (including phenoxy) is 1. The lowest BCUT2D eigenvalue weighted by atomic mass is 10.3. The molecule has 0 bridgehead atoms. The van der Waals surface area contributed by atoms with Crippen molar-refractivity contribution in [2.45, 2.75) is 0 Å². The Morgan fingerprint density at radius 2 is 2.12 bits per heavy atom. The molecule has 2 aromatic heterocycles. The van der Waals surface area contributed by atoms with Gasteiger partial charge in [0.1, 0.15) is 23.0 Å². The summed E-state index contributed by atoms with van der Waals surface area (Å²) in [5.74, 6) is 0.808. The van der Waals surface area contributed by atoms with Crippen molar-refractivity contribution in [3.8, 4) is 11.5 Å². The zero-order valence-corrected chi connectivity index (χ0v) is 8.85. The van der Waals surface area contributed by atoms with Crippen LogP contribution < -0.4 is 4.74 Å². The fraction of sp³-hybridized carbons (Fsp3) is 0. The van der Waals surface area contributed by atoms with Crippen LogP contribution >= 0.6 is 0 Å². The number of hydrogen-bond acceptors (Lipinski definition) is 2. The zero-order chi connectivity index (χ0) is 11.7. The normalized spacial score (nSPS) is 10.6. The van der Waals surface area contributed by atoms with Crippen LogP contribution in [-0.2, 0) is 0 Å². The van der Waals surface area contributed by atoms with Crippen molar-refractivity contribution in [1.29, 1.82) is 0 Å². The molecule has 0 amide bonds. The van der Waals surface area contributed by atoms with Crippen LogP contribution in [0.1, 0.15) is 0 Å². The fourth-order valence-corrected chi connectivity index (χ4v) is 1.68. The van der Waals surface area contributed by atoms with Crippen molar-refractivity contribution in [3.05, 3.63) is 54.6 Å². The second kappa shape index (κ2) is 3.90. The number of aromatic amines is 1. The molecule has 0 unspecified atom stereocenters. The number of pyridine rings is 1. The van der Waals surface area contributed by atoms with E-state index in [0.717, 1.165) is 11.0 Å². The molecule has 0 aliphatic carbocycles. The number of nitrogens with one attached hydrogen (secondary N) is 1. The van der Waals surface area contributed by atoms with Gasteiger partial charge in [-0.2, -0.15) is 0 Å². The first-order valence-electron chi connectivity index (χ1n) is 5.18. The van der Waals surface area contributed by atoms with E-state index in [-0.39, 0.29) is 5.82 Å². The quantitative estimate of drug-likeness (QED) is 0.729. The predicted octanol–water partition coefficient (Wildman–Crippen LogP) is 3.49. The van der Waals surface area contributed by atoms with Gasteiger partial charge < -0.3 is 9.72 Å². The van der Waals surface area contributed by atoms with E-state index in [0.29, 0.717) is 11.5 Å². The maximum Gasteiger partial charge on any atom is 0.140 e. The fourth-order valence-electron chi connectivity index (χ4n) is 1.68. The summed E-state index contributed by atoms with van der Waals surface area (Å²) in [6.07, 6.45) is 3.43. The smallest absolute Gasteiger partial charge is 0.140 e. The molecule has 17 heavy (non-hydrogen) atoms. The first-order valence-corrected chi connectivity index (χ1v) is 5.18. The molecule has 4 heteroatoms. The molecule has 0 aliphatic rings. The highest BCUT2D eigenvalue weighted by atomic mass is 19.1. The molecule has 0 saturated heterocycles. The maximum atomic E-state index is 13.0. The Hall–Kier alpha value is -2.36. The van der Waals surface area contributed by atoms with E-state index in [4.69, 9.17) is 4.74 Å². The predicted molar refractivity (Wildman–Crippen MR) is 62.6 cm³/mol. The lowest BCUT2D eigenvalue weighted by Gasteiger charge is -2.06. The molecule has 3 aromatic rings. The average molecular weight is 228 g/mol. The van der Waals surface area contributed by atoms with Gasteiger partial charge in [0.15, 0.2) is 0 Å². The zero-order valence-electron chi connectivity index (χ0n) is 8.85. The van der Waals surface area contributed by atoms with E-state index >= 15 is 0 Å². The molecule has 3 nitrogen and oxygen atoms in total. The van der Waals surface area contributed by atoms with Crippen molar-refractivity contribution in [2.75, 3.05) is 0 Å². The topological polar surface area (TPSA) is 37.9 Å². The van der Waals surface area contributed by atoms with Gasteiger partial charge in [-0.25, -0.2) is 9.37 Å². The third-order valence-corrected chi connectivity index (χ3v) is 2.44. The highest BCUT2D eigenvalue weighted by molar-refractivity contribution is 5.82. The summed E-state index contributed by atoms with van der Waals surface area (Å²) in [4.78, 5) is 7.14. The maximum absolute atomic E-state index is 13.0. The molecule has 0 saturated carbocycles. The van der Waals surface area contributed by atoms with Crippen LogP contribution in [0.2, 0.25) is 0 Å². The second-order valence-corrected chi connectivity index (χ2v) is 3.61. The SMILES string of the molecule is Fc1cccc(Oc2ccnc3[nH]ccc23)c1. The van der Waals surface area contributed by atoms with E-state index in [1.54, 1.807) is 30.6 Å². The monoisotopic (exact) mass is 228 g/mol. The average Bonchev–Trinajstić information content (AvgIpc) is 2.78. The Labute approximate surface area is 96.9 Å². The molecule has 0 atom stereocenters. The van der Waals surface area contributed by atoms with E-state index in [9.17, 15) is 4.39 Å². The number of benzene rings is 1. The molecule has 1 aromatic carbocycles. The van der Waals surface area contributed by atoms with Gasteiger partial charge in [0, 0.05) is 18.5 Å². The highest BCUT2D eigenvalue weighted by Gasteiger charge is 2.05. The lowest BCUT2D eigenvalue weighted by molar-refractivity contribution is 0.482. The van der Waals surface area contributed by atoms with Crippen LogP contribution in [0.4, 0.5) is 4.39 Å². The third kappa shape index (κ3) is 1.85. The third-order valence-electron chi connectivity index (χ3n) is 2.44. The van der Waals surface area contributed by atoms with Crippen molar-refractivity contribution >= 4 is 11.0 Å². The summed E-state index contributed by atoms with van der Waals surface area (Å²) in [5, 5.41) is 0.872. The molecular weight excluding hydrogens is 219 g/mol. The molecular formula is C13H9FN2O. The van der Waals surface area contributed by atoms with Gasteiger partial charge in [0.05, 0.1) is 5.39 Å². The number of halogens is 1. The summed E-state index contributed by atoms with van der Waals surface area (Å²) in [6, 6.07) is 9.67. The second-order valence-electron chi connectivity index (χ2n) is 3.61. The van der Waals surface area contributed by atoms with Crippen molar-refractivity contribution in [2.24, 2.45) is 0 Å². The molecule has 0 radical (unpaired) electrons. The first kappa shape index (κ1) is 9.84. The van der Waals surface area contributed by atoms with Gasteiger partial charge in [0.2, 0.25) is 0 Å². The minimum absolute atomic E-state index is 0.318.